The average Bonchev–Trinajstić information content (AvgIpc) is 3.20. The van der Waals surface area contributed by atoms with E-state index >= 15 is 0 Å². The van der Waals surface area contributed by atoms with Gasteiger partial charge in [-0.1, -0.05) is 54.1 Å². The number of ether oxygens (including phenoxy) is 1. The van der Waals surface area contributed by atoms with Crippen molar-refractivity contribution in [1.82, 2.24) is 15.5 Å². The highest BCUT2D eigenvalue weighted by Gasteiger charge is 2.25. The number of carbonyl (C=O) groups excluding carboxylic acids is 3. The fourth-order valence-corrected chi connectivity index (χ4v) is 2.81. The van der Waals surface area contributed by atoms with Crippen molar-refractivity contribution in [2.24, 2.45) is 0 Å². The largest absolute Gasteiger partial charge is 0.467 e. The zero-order valence-corrected chi connectivity index (χ0v) is 16.1. The molecule has 8 nitrogen and oxygen atoms in total. The normalized spacial score (nSPS) is 11.4. The number of aromatic nitrogens is 2. The van der Waals surface area contributed by atoms with Gasteiger partial charge in [-0.3, -0.25) is 14.7 Å². The molecule has 1 heterocycles. The van der Waals surface area contributed by atoms with Crippen molar-refractivity contribution in [2.45, 2.75) is 6.04 Å². The lowest BCUT2D eigenvalue weighted by atomic mass is 10.1. The number of esters is 1. The third-order valence-electron chi connectivity index (χ3n) is 4.02. The Morgan fingerprint density at radius 3 is 2.41 bits per heavy atom. The first kappa shape index (κ1) is 20.1. The Bertz CT molecular complexity index is 1040. The summed E-state index contributed by atoms with van der Waals surface area (Å²) in [7, 11) is 1.24. The number of nitrogens with one attached hydrogen (secondary N) is 3. The Kier molecular flexibility index (Phi) is 6.25. The first-order valence-electron chi connectivity index (χ1n) is 8.54. The van der Waals surface area contributed by atoms with Gasteiger partial charge in [-0.05, 0) is 17.7 Å². The summed E-state index contributed by atoms with van der Waals surface area (Å²) in [6, 6.07) is 15.6. The molecule has 0 aliphatic rings. The number of aromatic amines is 1. The van der Waals surface area contributed by atoms with Gasteiger partial charge in [0.05, 0.1) is 17.7 Å². The van der Waals surface area contributed by atoms with Gasteiger partial charge in [-0.25, -0.2) is 4.79 Å². The van der Waals surface area contributed by atoms with Gasteiger partial charge in [0.1, 0.15) is 5.82 Å². The molecule has 1 aromatic heterocycles. The summed E-state index contributed by atoms with van der Waals surface area (Å²) in [5.74, 6) is -1.48. The molecule has 3 aromatic rings. The van der Waals surface area contributed by atoms with Crippen LogP contribution >= 0.6 is 11.6 Å². The van der Waals surface area contributed by atoms with Crippen molar-refractivity contribution in [1.29, 1.82) is 0 Å². The van der Waals surface area contributed by atoms with Crippen molar-refractivity contribution in [2.75, 3.05) is 12.4 Å². The minimum atomic E-state index is -0.994. The van der Waals surface area contributed by atoms with Crippen LogP contribution in [0.5, 0.6) is 0 Å². The molecule has 3 rings (SSSR count). The van der Waals surface area contributed by atoms with E-state index in [9.17, 15) is 14.4 Å². The van der Waals surface area contributed by atoms with E-state index in [2.05, 4.69) is 20.8 Å². The quantitative estimate of drug-likeness (QED) is 0.539. The average molecular weight is 413 g/mol. The molecule has 148 valence electrons. The van der Waals surface area contributed by atoms with Crippen molar-refractivity contribution in [3.63, 3.8) is 0 Å². The Labute approximate surface area is 171 Å². The SMILES string of the molecule is COC(=O)[C@@H](NC(=O)c1cc(NC(=O)c2ccccc2Cl)[nH]n1)c1ccccc1. The van der Waals surface area contributed by atoms with Gasteiger partial charge in [0.25, 0.3) is 11.8 Å². The molecule has 29 heavy (non-hydrogen) atoms. The number of anilines is 1. The van der Waals surface area contributed by atoms with E-state index < -0.39 is 23.8 Å². The van der Waals surface area contributed by atoms with Crippen LogP contribution in [0.3, 0.4) is 0 Å². The summed E-state index contributed by atoms with van der Waals surface area (Å²) in [6.45, 7) is 0. The monoisotopic (exact) mass is 412 g/mol. The van der Waals surface area contributed by atoms with E-state index in [1.54, 1.807) is 54.6 Å². The number of hydrogen-bond acceptors (Lipinski definition) is 5. The highest BCUT2D eigenvalue weighted by molar-refractivity contribution is 6.34. The smallest absolute Gasteiger partial charge is 0.333 e. The molecule has 0 bridgehead atoms. The summed E-state index contributed by atoms with van der Waals surface area (Å²) in [5.41, 5.74) is 0.837. The second-order valence-electron chi connectivity index (χ2n) is 5.94. The van der Waals surface area contributed by atoms with Crippen molar-refractivity contribution in [3.05, 3.63) is 82.5 Å². The van der Waals surface area contributed by atoms with Crippen LogP contribution in [0, 0.1) is 0 Å². The van der Waals surface area contributed by atoms with Crippen molar-refractivity contribution in [3.8, 4) is 0 Å². The molecule has 3 N–H and O–H groups in total. The number of amides is 2. The molecule has 0 aliphatic carbocycles. The van der Waals surface area contributed by atoms with Gasteiger partial charge in [0.15, 0.2) is 11.7 Å². The Morgan fingerprint density at radius 1 is 1.03 bits per heavy atom. The molecule has 0 unspecified atom stereocenters. The van der Waals surface area contributed by atoms with Gasteiger partial charge in [0.2, 0.25) is 0 Å². The second-order valence-corrected chi connectivity index (χ2v) is 6.35. The Morgan fingerprint density at radius 2 is 1.72 bits per heavy atom. The third kappa shape index (κ3) is 4.80. The molecule has 0 aliphatic heterocycles. The topological polar surface area (TPSA) is 113 Å². The molecule has 1 atom stereocenters. The predicted octanol–water partition coefficient (Wildman–Crippen LogP) is 2.96. The number of H-pyrrole nitrogens is 1. The zero-order chi connectivity index (χ0) is 20.8. The van der Waals surface area contributed by atoms with Crippen molar-refractivity contribution >= 4 is 35.2 Å². The van der Waals surface area contributed by atoms with E-state index in [0.717, 1.165) is 0 Å². The molecule has 0 saturated carbocycles. The van der Waals surface area contributed by atoms with E-state index in [1.165, 1.54) is 13.2 Å². The second kappa shape index (κ2) is 9.03. The summed E-state index contributed by atoms with van der Waals surface area (Å²) in [6.07, 6.45) is 0. The van der Waals surface area contributed by atoms with Gasteiger partial charge in [0, 0.05) is 6.07 Å². The molecule has 2 aromatic carbocycles. The Hall–Kier alpha value is -3.65. The van der Waals surface area contributed by atoms with Gasteiger partial charge < -0.3 is 15.4 Å². The van der Waals surface area contributed by atoms with Crippen LogP contribution in [-0.4, -0.2) is 35.1 Å². The standard InChI is InChI=1S/C20H17ClN4O4/c1-29-20(28)17(12-7-3-2-4-8-12)23-19(27)15-11-16(25-24-15)22-18(26)13-9-5-6-10-14(13)21/h2-11,17H,1H3,(H,23,27)(H2,22,24,25,26)/t17-/m0/s1. The summed E-state index contributed by atoms with van der Waals surface area (Å²) in [5, 5.41) is 11.9. The van der Waals surface area contributed by atoms with Gasteiger partial charge >= 0.3 is 5.97 Å². The lowest BCUT2D eigenvalue weighted by molar-refractivity contribution is -0.143. The maximum Gasteiger partial charge on any atom is 0.333 e. The summed E-state index contributed by atoms with van der Waals surface area (Å²) in [4.78, 5) is 36.9. The van der Waals surface area contributed by atoms with Crippen LogP contribution in [0.4, 0.5) is 5.82 Å². The predicted molar refractivity (Wildman–Crippen MR) is 107 cm³/mol. The number of hydrogen-bond donors (Lipinski definition) is 3. The molecule has 0 saturated heterocycles. The number of halogens is 1. The summed E-state index contributed by atoms with van der Waals surface area (Å²) >= 11 is 6.01. The first-order valence-corrected chi connectivity index (χ1v) is 8.92. The number of methoxy groups -OCH3 is 1. The molecular formula is C20H17ClN4O4. The van der Waals surface area contributed by atoms with Crippen LogP contribution < -0.4 is 10.6 Å². The van der Waals surface area contributed by atoms with E-state index in [1.807, 2.05) is 0 Å². The highest BCUT2D eigenvalue weighted by Crippen LogP contribution is 2.18. The number of benzene rings is 2. The van der Waals surface area contributed by atoms with E-state index in [0.29, 0.717) is 10.6 Å². The summed E-state index contributed by atoms with van der Waals surface area (Å²) < 4.78 is 4.77. The van der Waals surface area contributed by atoms with Gasteiger partial charge in [-0.2, -0.15) is 5.10 Å². The van der Waals surface area contributed by atoms with Crippen LogP contribution in [0.15, 0.2) is 60.7 Å². The molecule has 9 heteroatoms. The van der Waals surface area contributed by atoms with Crippen LogP contribution in [-0.2, 0) is 9.53 Å². The van der Waals surface area contributed by atoms with Crippen LogP contribution in [0.25, 0.3) is 0 Å². The third-order valence-corrected chi connectivity index (χ3v) is 4.35. The molecule has 0 radical (unpaired) electrons. The molecule has 0 spiro atoms. The molecule has 0 fully saturated rings. The minimum Gasteiger partial charge on any atom is -0.467 e. The first-order chi connectivity index (χ1) is 14.0. The lowest BCUT2D eigenvalue weighted by Crippen LogP contribution is -2.34. The maximum absolute atomic E-state index is 12.5. The lowest BCUT2D eigenvalue weighted by Gasteiger charge is -2.16. The van der Waals surface area contributed by atoms with Gasteiger partial charge in [-0.15, -0.1) is 0 Å². The minimum absolute atomic E-state index is 0.00991. The fourth-order valence-electron chi connectivity index (χ4n) is 2.58. The van der Waals surface area contributed by atoms with Crippen LogP contribution in [0.2, 0.25) is 5.02 Å². The Balaban J connectivity index is 1.72. The number of carbonyl (C=O) groups is 3. The molecular weight excluding hydrogens is 396 g/mol. The highest BCUT2D eigenvalue weighted by atomic mass is 35.5. The molecule has 2 amide bonds. The maximum atomic E-state index is 12.5. The van der Waals surface area contributed by atoms with E-state index in [-0.39, 0.29) is 17.1 Å². The number of rotatable bonds is 6. The fraction of sp³-hybridized carbons (Fsp3) is 0.100. The van der Waals surface area contributed by atoms with Crippen molar-refractivity contribution < 1.29 is 19.1 Å². The van der Waals surface area contributed by atoms with E-state index in [4.69, 9.17) is 16.3 Å². The van der Waals surface area contributed by atoms with Crippen LogP contribution in [0.1, 0.15) is 32.5 Å². The zero-order valence-electron chi connectivity index (χ0n) is 15.3. The number of nitrogens with zero attached hydrogens (tertiary/aromatic N) is 1.